The number of aryl methyl sites for hydroxylation is 1. The third-order valence-corrected chi connectivity index (χ3v) is 4.76. The number of sulfonamides is 1. The molecule has 0 spiro atoms. The molecule has 20 heavy (non-hydrogen) atoms. The Kier molecular flexibility index (Phi) is 6.65. The summed E-state index contributed by atoms with van der Waals surface area (Å²) in [4.78, 5) is 0.219. The Morgan fingerprint density at radius 2 is 1.95 bits per heavy atom. The van der Waals surface area contributed by atoms with Crippen molar-refractivity contribution in [3.05, 3.63) is 29.3 Å². The first-order valence-electron chi connectivity index (χ1n) is 7.07. The van der Waals surface area contributed by atoms with Crippen molar-refractivity contribution in [1.29, 1.82) is 0 Å². The van der Waals surface area contributed by atoms with Gasteiger partial charge in [0.15, 0.2) is 0 Å². The van der Waals surface area contributed by atoms with Crippen LogP contribution in [0.25, 0.3) is 0 Å². The van der Waals surface area contributed by atoms with E-state index in [1.807, 2.05) is 6.92 Å². The van der Waals surface area contributed by atoms with Gasteiger partial charge < -0.3 is 5.11 Å². The fourth-order valence-electron chi connectivity index (χ4n) is 1.95. The van der Waals surface area contributed by atoms with E-state index in [4.69, 9.17) is 0 Å². The van der Waals surface area contributed by atoms with Crippen molar-refractivity contribution in [2.75, 3.05) is 6.54 Å². The molecule has 0 unspecified atom stereocenters. The van der Waals surface area contributed by atoms with Crippen LogP contribution in [-0.2, 0) is 16.6 Å². The topological polar surface area (TPSA) is 66.4 Å². The van der Waals surface area contributed by atoms with E-state index in [1.54, 1.807) is 12.1 Å². The molecule has 0 heterocycles. The summed E-state index contributed by atoms with van der Waals surface area (Å²) in [6, 6.07) is 4.83. The van der Waals surface area contributed by atoms with E-state index in [0.29, 0.717) is 18.0 Å². The average molecular weight is 299 g/mol. The van der Waals surface area contributed by atoms with Crippen LogP contribution >= 0.6 is 0 Å². The van der Waals surface area contributed by atoms with Crippen molar-refractivity contribution in [2.45, 2.75) is 51.5 Å². The average Bonchev–Trinajstić information content (AvgIpc) is 2.38. The van der Waals surface area contributed by atoms with Gasteiger partial charge in [0.05, 0.1) is 11.5 Å². The van der Waals surface area contributed by atoms with Crippen LogP contribution < -0.4 is 4.72 Å². The number of unbranched alkanes of at least 4 members (excludes halogenated alkanes) is 1. The third kappa shape index (κ3) is 5.23. The van der Waals surface area contributed by atoms with Crippen molar-refractivity contribution in [3.63, 3.8) is 0 Å². The van der Waals surface area contributed by atoms with Gasteiger partial charge in [0.1, 0.15) is 0 Å². The minimum absolute atomic E-state index is 0.149. The lowest BCUT2D eigenvalue weighted by atomic mass is 10.1. The van der Waals surface area contributed by atoms with Crippen LogP contribution in [0.4, 0.5) is 0 Å². The molecule has 0 atom stereocenters. The van der Waals surface area contributed by atoms with E-state index >= 15 is 0 Å². The van der Waals surface area contributed by atoms with E-state index in [0.717, 1.165) is 24.8 Å². The van der Waals surface area contributed by atoms with Crippen molar-refractivity contribution in [1.82, 2.24) is 4.72 Å². The maximum Gasteiger partial charge on any atom is 0.240 e. The standard InChI is InChI=1S/C15H25NO3S/c1-12(2)6-4-5-9-16-20(18,19)15-8-7-13(3)14(10-15)11-17/h7-8,10,12,16-17H,4-6,9,11H2,1-3H3. The van der Waals surface area contributed by atoms with E-state index in [1.165, 1.54) is 6.07 Å². The first-order chi connectivity index (χ1) is 9.36. The van der Waals surface area contributed by atoms with Crippen LogP contribution in [0.5, 0.6) is 0 Å². The molecule has 0 saturated carbocycles. The first-order valence-corrected chi connectivity index (χ1v) is 8.55. The van der Waals surface area contributed by atoms with E-state index < -0.39 is 10.0 Å². The second-order valence-electron chi connectivity index (χ2n) is 5.53. The van der Waals surface area contributed by atoms with Crippen LogP contribution in [0, 0.1) is 12.8 Å². The Bertz CT molecular complexity index is 524. The van der Waals surface area contributed by atoms with Gasteiger partial charge in [-0.2, -0.15) is 0 Å². The Morgan fingerprint density at radius 3 is 2.55 bits per heavy atom. The molecule has 0 amide bonds. The molecular weight excluding hydrogens is 274 g/mol. The van der Waals surface area contributed by atoms with Crippen LogP contribution in [0.2, 0.25) is 0 Å². The zero-order valence-electron chi connectivity index (χ0n) is 12.5. The Labute approximate surface area is 122 Å². The Morgan fingerprint density at radius 1 is 1.25 bits per heavy atom. The van der Waals surface area contributed by atoms with Gasteiger partial charge in [0.2, 0.25) is 10.0 Å². The van der Waals surface area contributed by atoms with Gasteiger partial charge in [-0.3, -0.25) is 0 Å². The Hall–Kier alpha value is -0.910. The molecule has 0 aliphatic heterocycles. The van der Waals surface area contributed by atoms with E-state index in [-0.39, 0.29) is 11.5 Å². The molecular formula is C15H25NO3S. The van der Waals surface area contributed by atoms with Crippen molar-refractivity contribution >= 4 is 10.0 Å². The van der Waals surface area contributed by atoms with Gasteiger partial charge in [-0.15, -0.1) is 0 Å². The molecule has 1 aromatic rings. The molecule has 0 aromatic heterocycles. The number of hydrogen-bond acceptors (Lipinski definition) is 3. The normalized spacial score (nSPS) is 12.1. The Balaban J connectivity index is 2.60. The zero-order valence-corrected chi connectivity index (χ0v) is 13.3. The molecule has 0 aliphatic carbocycles. The monoisotopic (exact) mass is 299 g/mol. The SMILES string of the molecule is Cc1ccc(S(=O)(=O)NCCCCC(C)C)cc1CO. The molecule has 114 valence electrons. The van der Waals surface area contributed by atoms with Gasteiger partial charge in [-0.1, -0.05) is 32.8 Å². The predicted octanol–water partition coefficient (Wildman–Crippen LogP) is 2.59. The number of benzene rings is 1. The molecule has 0 radical (unpaired) electrons. The maximum absolute atomic E-state index is 12.1. The van der Waals surface area contributed by atoms with Crippen molar-refractivity contribution in [2.24, 2.45) is 5.92 Å². The van der Waals surface area contributed by atoms with Crippen LogP contribution in [0.15, 0.2) is 23.1 Å². The van der Waals surface area contributed by atoms with Crippen molar-refractivity contribution in [3.8, 4) is 0 Å². The number of nitrogens with one attached hydrogen (secondary N) is 1. The summed E-state index contributed by atoms with van der Waals surface area (Å²) < 4.78 is 26.8. The minimum Gasteiger partial charge on any atom is -0.392 e. The highest BCUT2D eigenvalue weighted by molar-refractivity contribution is 7.89. The number of aliphatic hydroxyl groups excluding tert-OH is 1. The van der Waals surface area contributed by atoms with Crippen LogP contribution in [0.1, 0.15) is 44.2 Å². The smallest absolute Gasteiger partial charge is 0.240 e. The lowest BCUT2D eigenvalue weighted by Crippen LogP contribution is -2.25. The number of rotatable bonds is 8. The summed E-state index contributed by atoms with van der Waals surface area (Å²) in [7, 11) is -3.47. The predicted molar refractivity (Wildman–Crippen MR) is 81.0 cm³/mol. The van der Waals surface area contributed by atoms with Crippen molar-refractivity contribution < 1.29 is 13.5 Å². The molecule has 2 N–H and O–H groups in total. The number of aliphatic hydroxyl groups is 1. The lowest BCUT2D eigenvalue weighted by Gasteiger charge is -2.10. The quantitative estimate of drug-likeness (QED) is 0.725. The maximum atomic E-state index is 12.1. The van der Waals surface area contributed by atoms with Gasteiger partial charge in [0.25, 0.3) is 0 Å². The van der Waals surface area contributed by atoms with E-state index in [2.05, 4.69) is 18.6 Å². The number of hydrogen-bond donors (Lipinski definition) is 2. The second-order valence-corrected chi connectivity index (χ2v) is 7.30. The molecule has 0 saturated heterocycles. The fraction of sp³-hybridized carbons (Fsp3) is 0.600. The largest absolute Gasteiger partial charge is 0.392 e. The highest BCUT2D eigenvalue weighted by Gasteiger charge is 2.14. The highest BCUT2D eigenvalue weighted by atomic mass is 32.2. The molecule has 0 bridgehead atoms. The summed E-state index contributed by atoms with van der Waals surface area (Å²) >= 11 is 0. The lowest BCUT2D eigenvalue weighted by molar-refractivity contribution is 0.280. The highest BCUT2D eigenvalue weighted by Crippen LogP contribution is 2.15. The van der Waals surface area contributed by atoms with Gasteiger partial charge in [-0.25, -0.2) is 13.1 Å². The fourth-order valence-corrected chi connectivity index (χ4v) is 3.08. The first kappa shape index (κ1) is 17.1. The van der Waals surface area contributed by atoms with Gasteiger partial charge in [0, 0.05) is 6.54 Å². The summed E-state index contributed by atoms with van der Waals surface area (Å²) in [5.74, 6) is 0.649. The molecule has 5 heteroatoms. The summed E-state index contributed by atoms with van der Waals surface area (Å²) in [6.07, 6.45) is 2.98. The minimum atomic E-state index is -3.47. The summed E-state index contributed by atoms with van der Waals surface area (Å²) in [5, 5.41) is 9.19. The summed E-state index contributed by atoms with van der Waals surface area (Å²) in [5.41, 5.74) is 1.54. The second kappa shape index (κ2) is 7.76. The molecule has 0 aliphatic rings. The van der Waals surface area contributed by atoms with Gasteiger partial charge >= 0.3 is 0 Å². The summed E-state index contributed by atoms with van der Waals surface area (Å²) in [6.45, 7) is 6.47. The molecule has 4 nitrogen and oxygen atoms in total. The van der Waals surface area contributed by atoms with E-state index in [9.17, 15) is 13.5 Å². The zero-order chi connectivity index (χ0) is 15.2. The van der Waals surface area contributed by atoms with Crippen LogP contribution in [0.3, 0.4) is 0 Å². The third-order valence-electron chi connectivity index (χ3n) is 3.30. The van der Waals surface area contributed by atoms with Crippen LogP contribution in [-0.4, -0.2) is 20.1 Å². The molecule has 1 aromatic carbocycles. The molecule has 0 fully saturated rings. The van der Waals surface area contributed by atoms with Gasteiger partial charge in [-0.05, 0) is 42.5 Å². The molecule has 1 rings (SSSR count).